The van der Waals surface area contributed by atoms with Crippen LogP contribution in [0.25, 0.3) is 0 Å². The molecule has 1 aromatic heterocycles. The normalized spacial score (nSPS) is 12.2. The molecule has 1 atom stereocenters. The number of hydrogen-bond donors (Lipinski definition) is 1. The lowest BCUT2D eigenvalue weighted by Gasteiger charge is -2.15. The van der Waals surface area contributed by atoms with E-state index in [-0.39, 0.29) is 0 Å². The number of pyridine rings is 1. The summed E-state index contributed by atoms with van der Waals surface area (Å²) in [6.07, 6.45) is 1.73. The van der Waals surface area contributed by atoms with Crippen LogP contribution < -0.4 is 10.1 Å². The molecule has 3 nitrogen and oxygen atoms in total. The quantitative estimate of drug-likeness (QED) is 0.866. The third-order valence-corrected chi connectivity index (χ3v) is 3.76. The fraction of sp³-hybridized carbons (Fsp3) is 0.312. The molecule has 1 heterocycles. The monoisotopic (exact) mass is 334 g/mol. The Kier molecular flexibility index (Phi) is 5.15. The topological polar surface area (TPSA) is 34.1 Å². The van der Waals surface area contributed by atoms with E-state index in [9.17, 15) is 0 Å². The Balaban J connectivity index is 2.14. The van der Waals surface area contributed by atoms with Crippen LogP contribution in [-0.4, -0.2) is 11.5 Å². The minimum absolute atomic E-state index is 0.310. The van der Waals surface area contributed by atoms with Gasteiger partial charge in [-0.05, 0) is 50.2 Å². The van der Waals surface area contributed by atoms with Gasteiger partial charge >= 0.3 is 0 Å². The van der Waals surface area contributed by atoms with Gasteiger partial charge in [0.25, 0.3) is 0 Å². The van der Waals surface area contributed by atoms with Crippen LogP contribution in [0.15, 0.2) is 41.0 Å². The predicted octanol–water partition coefficient (Wildman–Crippen LogP) is 4.62. The summed E-state index contributed by atoms with van der Waals surface area (Å²) in [6, 6.07) is 10.2. The fourth-order valence-corrected chi connectivity index (χ4v) is 2.69. The van der Waals surface area contributed by atoms with Gasteiger partial charge in [0.15, 0.2) is 0 Å². The van der Waals surface area contributed by atoms with Crippen molar-refractivity contribution in [3.05, 3.63) is 52.3 Å². The minimum Gasteiger partial charge on any atom is -0.456 e. The van der Waals surface area contributed by atoms with Gasteiger partial charge in [-0.3, -0.25) is 4.98 Å². The number of rotatable bonds is 5. The largest absolute Gasteiger partial charge is 0.456 e. The van der Waals surface area contributed by atoms with Crippen LogP contribution >= 0.6 is 15.9 Å². The van der Waals surface area contributed by atoms with Crippen LogP contribution in [-0.2, 0) is 0 Å². The maximum atomic E-state index is 5.80. The first-order valence-corrected chi connectivity index (χ1v) is 7.52. The van der Waals surface area contributed by atoms with Crippen LogP contribution in [0.3, 0.4) is 0 Å². The van der Waals surface area contributed by atoms with Crippen molar-refractivity contribution < 1.29 is 4.74 Å². The van der Waals surface area contributed by atoms with Crippen molar-refractivity contribution in [1.82, 2.24) is 10.3 Å². The first kappa shape index (κ1) is 15.0. The molecule has 20 heavy (non-hydrogen) atoms. The molecule has 0 saturated carbocycles. The van der Waals surface area contributed by atoms with Crippen LogP contribution in [0.2, 0.25) is 0 Å². The van der Waals surface area contributed by atoms with Gasteiger partial charge in [-0.1, -0.05) is 28.9 Å². The van der Waals surface area contributed by atoms with Crippen LogP contribution in [0.4, 0.5) is 0 Å². The van der Waals surface area contributed by atoms with E-state index in [1.807, 2.05) is 31.2 Å². The van der Waals surface area contributed by atoms with Gasteiger partial charge in [-0.2, -0.15) is 0 Å². The van der Waals surface area contributed by atoms with Gasteiger partial charge in [0, 0.05) is 16.2 Å². The molecule has 0 saturated heterocycles. The summed E-state index contributed by atoms with van der Waals surface area (Å²) in [5.41, 5.74) is 2.20. The van der Waals surface area contributed by atoms with Gasteiger partial charge < -0.3 is 10.1 Å². The van der Waals surface area contributed by atoms with Crippen molar-refractivity contribution >= 4 is 15.9 Å². The molecular weight excluding hydrogens is 316 g/mol. The fourth-order valence-electron chi connectivity index (χ4n) is 1.99. The van der Waals surface area contributed by atoms with E-state index in [0.717, 1.165) is 28.2 Å². The number of aryl methyl sites for hydroxylation is 1. The molecule has 0 radical (unpaired) electrons. The highest BCUT2D eigenvalue weighted by Crippen LogP contribution is 2.30. The van der Waals surface area contributed by atoms with Gasteiger partial charge in [0.2, 0.25) is 0 Å². The standard InChI is InChI=1S/C16H19BrN2O/c1-4-18-12(3)15-8-7-13(9-16(15)17)20-14-6-5-11(2)19-10-14/h5-10,12,18H,4H2,1-3H3. The summed E-state index contributed by atoms with van der Waals surface area (Å²) < 4.78 is 6.84. The van der Waals surface area contributed by atoms with Crippen molar-refractivity contribution in [2.45, 2.75) is 26.8 Å². The number of hydrogen-bond acceptors (Lipinski definition) is 3. The average Bonchev–Trinajstić information content (AvgIpc) is 2.42. The second-order valence-corrected chi connectivity index (χ2v) is 5.55. The van der Waals surface area contributed by atoms with E-state index >= 15 is 0 Å². The Bertz CT molecular complexity index is 569. The number of aromatic nitrogens is 1. The van der Waals surface area contributed by atoms with E-state index in [1.165, 1.54) is 5.56 Å². The average molecular weight is 335 g/mol. The lowest BCUT2D eigenvalue weighted by atomic mass is 10.1. The molecule has 106 valence electrons. The molecule has 2 rings (SSSR count). The zero-order valence-electron chi connectivity index (χ0n) is 12.0. The molecule has 1 N–H and O–H groups in total. The molecule has 2 aromatic rings. The number of halogens is 1. The van der Waals surface area contributed by atoms with Gasteiger partial charge in [-0.15, -0.1) is 0 Å². The van der Waals surface area contributed by atoms with E-state index in [4.69, 9.17) is 4.74 Å². The second-order valence-electron chi connectivity index (χ2n) is 4.70. The smallest absolute Gasteiger partial charge is 0.145 e. The molecule has 0 amide bonds. The summed E-state index contributed by atoms with van der Waals surface area (Å²) in [5.74, 6) is 1.55. The molecule has 0 fully saturated rings. The highest BCUT2D eigenvalue weighted by atomic mass is 79.9. The highest BCUT2D eigenvalue weighted by Gasteiger charge is 2.09. The van der Waals surface area contributed by atoms with Gasteiger partial charge in [0.05, 0.1) is 6.20 Å². The maximum absolute atomic E-state index is 5.80. The Morgan fingerprint density at radius 2 is 2.00 bits per heavy atom. The lowest BCUT2D eigenvalue weighted by molar-refractivity contribution is 0.478. The summed E-state index contributed by atoms with van der Waals surface area (Å²) in [5, 5.41) is 3.40. The van der Waals surface area contributed by atoms with E-state index < -0.39 is 0 Å². The molecule has 0 spiro atoms. The Labute approximate surface area is 128 Å². The van der Waals surface area contributed by atoms with Gasteiger partial charge in [-0.25, -0.2) is 0 Å². The molecule has 4 heteroatoms. The number of nitrogens with zero attached hydrogens (tertiary/aromatic N) is 1. The van der Waals surface area contributed by atoms with Crippen LogP contribution in [0.5, 0.6) is 11.5 Å². The summed E-state index contributed by atoms with van der Waals surface area (Å²) >= 11 is 3.61. The third kappa shape index (κ3) is 3.81. The van der Waals surface area contributed by atoms with Crippen molar-refractivity contribution in [2.24, 2.45) is 0 Å². The molecule has 0 aliphatic rings. The zero-order chi connectivity index (χ0) is 14.5. The van der Waals surface area contributed by atoms with Crippen molar-refractivity contribution in [1.29, 1.82) is 0 Å². The minimum atomic E-state index is 0.310. The van der Waals surface area contributed by atoms with E-state index in [0.29, 0.717) is 6.04 Å². The number of benzene rings is 1. The molecule has 1 aromatic carbocycles. The van der Waals surface area contributed by atoms with E-state index in [2.05, 4.69) is 46.1 Å². The summed E-state index contributed by atoms with van der Waals surface area (Å²) in [7, 11) is 0. The SMILES string of the molecule is CCNC(C)c1ccc(Oc2ccc(C)nc2)cc1Br. The van der Waals surface area contributed by atoms with E-state index in [1.54, 1.807) is 6.20 Å². The van der Waals surface area contributed by atoms with Gasteiger partial charge in [0.1, 0.15) is 11.5 Å². The molecule has 0 aliphatic carbocycles. The molecule has 1 unspecified atom stereocenters. The molecule has 0 bridgehead atoms. The van der Waals surface area contributed by atoms with Crippen molar-refractivity contribution in [2.75, 3.05) is 6.54 Å². The number of ether oxygens (including phenoxy) is 1. The first-order chi connectivity index (χ1) is 9.60. The highest BCUT2D eigenvalue weighted by molar-refractivity contribution is 9.10. The predicted molar refractivity (Wildman–Crippen MR) is 85.3 cm³/mol. The van der Waals surface area contributed by atoms with Crippen molar-refractivity contribution in [3.8, 4) is 11.5 Å². The molecule has 0 aliphatic heterocycles. The third-order valence-electron chi connectivity index (χ3n) is 3.07. The lowest BCUT2D eigenvalue weighted by Crippen LogP contribution is -2.17. The summed E-state index contributed by atoms with van der Waals surface area (Å²) in [6.45, 7) is 7.15. The Hall–Kier alpha value is -1.39. The van der Waals surface area contributed by atoms with Crippen LogP contribution in [0.1, 0.15) is 31.1 Å². The first-order valence-electron chi connectivity index (χ1n) is 6.73. The Morgan fingerprint density at radius 3 is 2.60 bits per heavy atom. The zero-order valence-corrected chi connectivity index (χ0v) is 13.6. The van der Waals surface area contributed by atoms with Crippen molar-refractivity contribution in [3.63, 3.8) is 0 Å². The number of nitrogens with one attached hydrogen (secondary N) is 1. The second kappa shape index (κ2) is 6.86. The maximum Gasteiger partial charge on any atom is 0.145 e. The molecular formula is C16H19BrN2O. The Morgan fingerprint density at radius 1 is 1.25 bits per heavy atom. The summed E-state index contributed by atoms with van der Waals surface area (Å²) in [4.78, 5) is 4.22. The van der Waals surface area contributed by atoms with Crippen LogP contribution in [0, 0.1) is 6.92 Å².